The molecule has 3 unspecified atom stereocenters. The fraction of sp³-hybridized carbons (Fsp3) is 0.483. The number of nitrogens with zero attached hydrogens (tertiary/aromatic N) is 4. The SMILES string of the molecule is CCC(c1ccc(NC(=O)Nc2ccccn2)c(OC)c1)C(NC(C)=O)C(CC(C)C)N1C=NN(CCC(=O)O)C1. The number of carboxylic acid groups (broad SMARTS) is 1. The molecule has 0 fully saturated rings. The van der Waals surface area contributed by atoms with Crippen molar-refractivity contribution in [2.45, 2.75) is 65.0 Å². The van der Waals surface area contributed by atoms with Gasteiger partial charge in [0.2, 0.25) is 5.91 Å². The Morgan fingerprint density at radius 1 is 1.15 bits per heavy atom. The number of methoxy groups -OCH3 is 1. The van der Waals surface area contributed by atoms with Gasteiger partial charge in [-0.05, 0) is 48.6 Å². The zero-order valence-corrected chi connectivity index (χ0v) is 24.3. The molecule has 0 bridgehead atoms. The highest BCUT2D eigenvalue weighted by molar-refractivity contribution is 6.00. The van der Waals surface area contributed by atoms with Crippen LogP contribution in [0.15, 0.2) is 47.7 Å². The summed E-state index contributed by atoms with van der Waals surface area (Å²) >= 11 is 0. The summed E-state index contributed by atoms with van der Waals surface area (Å²) in [5.41, 5.74) is 1.45. The van der Waals surface area contributed by atoms with E-state index in [9.17, 15) is 14.4 Å². The lowest BCUT2D eigenvalue weighted by Gasteiger charge is -2.40. The molecule has 0 radical (unpaired) electrons. The van der Waals surface area contributed by atoms with Crippen LogP contribution in [0.25, 0.3) is 0 Å². The van der Waals surface area contributed by atoms with Gasteiger partial charge in [-0.1, -0.05) is 32.9 Å². The summed E-state index contributed by atoms with van der Waals surface area (Å²) < 4.78 is 5.65. The lowest BCUT2D eigenvalue weighted by molar-refractivity contribution is -0.137. The van der Waals surface area contributed by atoms with Crippen LogP contribution in [-0.2, 0) is 9.59 Å². The molecule has 41 heavy (non-hydrogen) atoms. The Hall–Kier alpha value is -4.35. The van der Waals surface area contributed by atoms with E-state index < -0.39 is 12.0 Å². The van der Waals surface area contributed by atoms with Gasteiger partial charge in [-0.15, -0.1) is 0 Å². The molecule has 4 N–H and O–H groups in total. The molecule has 3 atom stereocenters. The third kappa shape index (κ3) is 9.09. The second kappa shape index (κ2) is 14.9. The fourth-order valence-corrected chi connectivity index (χ4v) is 5.06. The highest BCUT2D eigenvalue weighted by atomic mass is 16.5. The molecular weight excluding hydrogens is 526 g/mol. The van der Waals surface area contributed by atoms with Gasteiger partial charge in [0.15, 0.2) is 0 Å². The third-order valence-corrected chi connectivity index (χ3v) is 6.88. The zero-order valence-electron chi connectivity index (χ0n) is 24.3. The number of benzene rings is 1. The van der Waals surface area contributed by atoms with E-state index in [1.807, 2.05) is 12.1 Å². The number of hydrogen-bond donors (Lipinski definition) is 4. The van der Waals surface area contributed by atoms with E-state index in [2.05, 4.69) is 51.7 Å². The first-order chi connectivity index (χ1) is 19.6. The summed E-state index contributed by atoms with van der Waals surface area (Å²) in [4.78, 5) is 42.3. The van der Waals surface area contributed by atoms with Crippen LogP contribution >= 0.6 is 0 Å². The molecule has 12 nitrogen and oxygen atoms in total. The Kier molecular flexibility index (Phi) is 11.3. The van der Waals surface area contributed by atoms with Crippen LogP contribution in [0.4, 0.5) is 16.3 Å². The number of urea groups is 1. The molecule has 222 valence electrons. The predicted molar refractivity (Wildman–Crippen MR) is 158 cm³/mol. The van der Waals surface area contributed by atoms with Gasteiger partial charge in [0.1, 0.15) is 24.6 Å². The minimum Gasteiger partial charge on any atom is -0.495 e. The number of aliphatic carboxylic acids is 1. The molecule has 1 aliphatic rings. The lowest BCUT2D eigenvalue weighted by atomic mass is 9.81. The number of aromatic nitrogens is 1. The van der Waals surface area contributed by atoms with Crippen molar-refractivity contribution in [3.63, 3.8) is 0 Å². The van der Waals surface area contributed by atoms with Crippen molar-refractivity contribution in [1.82, 2.24) is 20.2 Å². The fourth-order valence-electron chi connectivity index (χ4n) is 5.06. The minimum absolute atomic E-state index is 0.00714. The standard InChI is InChI=1S/C29H41N7O5/c1-6-22(21-10-11-23(25(16-21)41-5)33-29(40)34-26-9-7-8-13-30-26)28(32-20(4)37)24(15-19(2)3)35-17-31-36(18-35)14-12-27(38)39/h7-11,13,16-17,19,22,24,28H,6,12,14-15,18H2,1-5H3,(H,32,37)(H,38,39)(H2,30,33,34,40). The molecule has 1 aromatic heterocycles. The van der Waals surface area contributed by atoms with Crippen LogP contribution < -0.4 is 20.7 Å². The van der Waals surface area contributed by atoms with Crippen molar-refractivity contribution in [2.24, 2.45) is 11.0 Å². The van der Waals surface area contributed by atoms with E-state index in [1.54, 1.807) is 48.9 Å². The largest absolute Gasteiger partial charge is 0.495 e. The number of carbonyl (C=O) groups excluding carboxylic acids is 2. The van der Waals surface area contributed by atoms with Gasteiger partial charge in [-0.25, -0.2) is 9.78 Å². The molecule has 1 aliphatic heterocycles. The maximum absolute atomic E-state index is 12.6. The van der Waals surface area contributed by atoms with Crippen molar-refractivity contribution in [3.8, 4) is 5.75 Å². The summed E-state index contributed by atoms with van der Waals surface area (Å²) in [6.07, 6.45) is 4.83. The molecule has 0 aliphatic carbocycles. The number of rotatable bonds is 14. The molecule has 2 heterocycles. The number of carbonyl (C=O) groups is 3. The van der Waals surface area contributed by atoms with Crippen LogP contribution in [0.2, 0.25) is 0 Å². The molecule has 1 aromatic carbocycles. The predicted octanol–water partition coefficient (Wildman–Crippen LogP) is 4.14. The Morgan fingerprint density at radius 2 is 1.93 bits per heavy atom. The highest BCUT2D eigenvalue weighted by Crippen LogP contribution is 2.35. The van der Waals surface area contributed by atoms with Gasteiger partial charge in [0, 0.05) is 25.6 Å². The molecule has 0 saturated heterocycles. The van der Waals surface area contributed by atoms with Gasteiger partial charge in [-0.3, -0.25) is 19.9 Å². The van der Waals surface area contributed by atoms with Crippen molar-refractivity contribution >= 4 is 35.8 Å². The van der Waals surface area contributed by atoms with E-state index >= 15 is 0 Å². The lowest BCUT2D eigenvalue weighted by Crippen LogP contribution is -2.54. The Morgan fingerprint density at radius 3 is 2.54 bits per heavy atom. The average Bonchev–Trinajstić information content (AvgIpc) is 3.40. The van der Waals surface area contributed by atoms with Crippen molar-refractivity contribution in [3.05, 3.63) is 48.2 Å². The maximum atomic E-state index is 12.6. The number of pyridine rings is 1. The molecule has 12 heteroatoms. The number of anilines is 2. The van der Waals surface area contributed by atoms with Gasteiger partial charge >= 0.3 is 12.0 Å². The molecule has 3 rings (SSSR count). The van der Waals surface area contributed by atoms with Crippen LogP contribution in [0, 0.1) is 5.92 Å². The first-order valence-electron chi connectivity index (χ1n) is 13.8. The van der Waals surface area contributed by atoms with Crippen LogP contribution in [0.3, 0.4) is 0 Å². The van der Waals surface area contributed by atoms with Gasteiger partial charge in [0.25, 0.3) is 0 Å². The average molecular weight is 568 g/mol. The molecule has 3 amide bonds. The number of amides is 3. The Labute approximate surface area is 241 Å². The van der Waals surface area contributed by atoms with E-state index in [0.29, 0.717) is 36.4 Å². The molecular formula is C29H41N7O5. The molecule has 0 spiro atoms. The van der Waals surface area contributed by atoms with Gasteiger partial charge in [0.05, 0.1) is 31.3 Å². The van der Waals surface area contributed by atoms with Crippen molar-refractivity contribution in [2.75, 3.05) is 31.0 Å². The monoisotopic (exact) mass is 567 g/mol. The number of carboxylic acids is 1. The van der Waals surface area contributed by atoms with Crippen molar-refractivity contribution in [1.29, 1.82) is 0 Å². The first-order valence-corrected chi connectivity index (χ1v) is 13.8. The van der Waals surface area contributed by atoms with Gasteiger partial charge in [-0.2, -0.15) is 5.10 Å². The Bertz CT molecular complexity index is 1210. The second-order valence-electron chi connectivity index (χ2n) is 10.5. The number of hydrogen-bond acceptors (Lipinski definition) is 8. The maximum Gasteiger partial charge on any atom is 0.324 e. The van der Waals surface area contributed by atoms with Crippen molar-refractivity contribution < 1.29 is 24.2 Å². The first kappa shape index (κ1) is 31.2. The van der Waals surface area contributed by atoms with E-state index in [-0.39, 0.29) is 30.3 Å². The number of nitrogens with one attached hydrogen (secondary N) is 3. The van der Waals surface area contributed by atoms with Crippen LogP contribution in [0.1, 0.15) is 58.4 Å². The second-order valence-corrected chi connectivity index (χ2v) is 10.5. The summed E-state index contributed by atoms with van der Waals surface area (Å²) in [5, 5.41) is 23.9. The van der Waals surface area contributed by atoms with E-state index in [0.717, 1.165) is 18.4 Å². The number of ether oxygens (including phenoxy) is 1. The minimum atomic E-state index is -0.874. The summed E-state index contributed by atoms with van der Waals surface area (Å²) in [5.74, 6) is 0.135. The normalized spacial score (nSPS) is 14.9. The zero-order chi connectivity index (χ0) is 29.9. The Balaban J connectivity index is 1.87. The molecule has 2 aromatic rings. The van der Waals surface area contributed by atoms with Crippen LogP contribution in [0.5, 0.6) is 5.75 Å². The quantitative estimate of drug-likeness (QED) is 0.266. The van der Waals surface area contributed by atoms with E-state index in [4.69, 9.17) is 9.84 Å². The summed E-state index contributed by atoms with van der Waals surface area (Å²) in [6.45, 7) is 8.59. The number of hydrazone groups is 1. The van der Waals surface area contributed by atoms with Gasteiger partial charge < -0.3 is 25.4 Å². The topological polar surface area (TPSA) is 148 Å². The van der Waals surface area contributed by atoms with E-state index in [1.165, 1.54) is 6.92 Å². The highest BCUT2D eigenvalue weighted by Gasteiger charge is 2.36. The summed E-state index contributed by atoms with van der Waals surface area (Å²) in [7, 11) is 1.54. The smallest absolute Gasteiger partial charge is 0.324 e. The molecule has 0 saturated carbocycles. The van der Waals surface area contributed by atoms with Crippen LogP contribution in [-0.4, -0.2) is 76.7 Å². The summed E-state index contributed by atoms with van der Waals surface area (Å²) in [6, 6.07) is 10.0. The third-order valence-electron chi connectivity index (χ3n) is 6.88.